The maximum Gasteiger partial charge on any atom is 0.335 e. The molecule has 2 fully saturated rings. The first kappa shape index (κ1) is 27.8. The summed E-state index contributed by atoms with van der Waals surface area (Å²) in [7, 11) is 0. The van der Waals surface area contributed by atoms with Crippen molar-refractivity contribution < 1.29 is 29.5 Å². The van der Waals surface area contributed by atoms with Crippen molar-refractivity contribution in [1.82, 2.24) is 10.1 Å². The predicted octanol–water partition coefficient (Wildman–Crippen LogP) is 6.76. The third kappa shape index (κ3) is 5.76. The minimum atomic E-state index is -1.10. The zero-order valence-electron chi connectivity index (χ0n) is 21.1. The molecule has 0 amide bonds. The van der Waals surface area contributed by atoms with Crippen molar-refractivity contribution in [1.29, 1.82) is 0 Å². The van der Waals surface area contributed by atoms with Crippen LogP contribution in [0.25, 0.3) is 15.8 Å². The van der Waals surface area contributed by atoms with Gasteiger partial charge in [0, 0.05) is 22.1 Å². The Labute approximate surface area is 238 Å². The maximum absolute atomic E-state index is 11.4. The summed E-state index contributed by atoms with van der Waals surface area (Å²) >= 11 is 14.2. The van der Waals surface area contributed by atoms with Crippen molar-refractivity contribution in [3.8, 4) is 0 Å². The third-order valence-corrected chi connectivity index (χ3v) is 9.08. The van der Waals surface area contributed by atoms with Crippen molar-refractivity contribution in [3.05, 3.63) is 61.9 Å². The minimum absolute atomic E-state index is 0.104. The lowest BCUT2D eigenvalue weighted by molar-refractivity contribution is -0.0641. The third-order valence-electron chi connectivity index (χ3n) is 7.16. The van der Waals surface area contributed by atoms with Crippen LogP contribution in [0.4, 0.5) is 0 Å². The summed E-state index contributed by atoms with van der Waals surface area (Å²) in [5.41, 5.74) is 1.25. The lowest BCUT2D eigenvalue weighted by Gasteiger charge is -2.34. The summed E-state index contributed by atoms with van der Waals surface area (Å²) in [5.74, 6) is -0.00285. The van der Waals surface area contributed by atoms with Crippen molar-refractivity contribution in [2.24, 2.45) is 5.16 Å². The van der Waals surface area contributed by atoms with E-state index in [2.05, 4.69) is 15.3 Å². The molecule has 0 saturated heterocycles. The number of aromatic nitrogens is 2. The van der Waals surface area contributed by atoms with Crippen LogP contribution in [0.5, 0.6) is 0 Å². The lowest BCUT2D eigenvalue weighted by atomic mass is 9.83. The van der Waals surface area contributed by atoms with E-state index >= 15 is 0 Å². The Morgan fingerprint density at radius 2 is 2.03 bits per heavy atom. The fourth-order valence-corrected chi connectivity index (χ4v) is 6.40. The number of allylic oxidation sites excluding steroid dienone is 4. The van der Waals surface area contributed by atoms with Crippen LogP contribution in [0.3, 0.4) is 0 Å². The van der Waals surface area contributed by atoms with Crippen molar-refractivity contribution in [2.45, 2.75) is 69.7 Å². The normalized spacial score (nSPS) is 23.0. The van der Waals surface area contributed by atoms with Gasteiger partial charge in [0.05, 0.1) is 39.7 Å². The molecule has 39 heavy (non-hydrogen) atoms. The largest absolute Gasteiger partial charge is 0.478 e. The van der Waals surface area contributed by atoms with Crippen molar-refractivity contribution in [3.63, 3.8) is 0 Å². The molecule has 2 aromatic heterocycles. The van der Waals surface area contributed by atoms with Gasteiger partial charge in [-0.15, -0.1) is 11.3 Å². The quantitative estimate of drug-likeness (QED) is 0.107. The van der Waals surface area contributed by atoms with Crippen LogP contribution < -0.4 is 0 Å². The molecule has 0 spiro atoms. The van der Waals surface area contributed by atoms with E-state index in [-0.39, 0.29) is 29.2 Å². The van der Waals surface area contributed by atoms with E-state index in [9.17, 15) is 15.0 Å². The average molecular weight is 593 g/mol. The standard InChI is InChI=1S/C27H27Cl2N3O6S/c1-2-18(28)22(19(29)12-30-36)23-17(24(38-32-23)14-3-4-14)13-37-16-7-9-27(35,10-8-16)26-31-20-11-15(25(33)34)5-6-21(20)39-26/h2,5-6,11-12,14,16,35-36H,3-4,7-10,13H2,1H3,(H,33,34)/b18-2+,22-19-,30-12+. The van der Waals surface area contributed by atoms with E-state index in [1.807, 2.05) is 0 Å². The molecule has 2 aliphatic carbocycles. The number of fused-ring (bicyclic) bond motifs is 1. The molecular weight excluding hydrogens is 565 g/mol. The number of aliphatic hydroxyl groups is 1. The zero-order valence-corrected chi connectivity index (χ0v) is 23.4. The fourth-order valence-electron chi connectivity index (χ4n) is 4.83. The number of oxime groups is 1. The van der Waals surface area contributed by atoms with Gasteiger partial charge in [0.15, 0.2) is 0 Å². The SMILES string of the molecule is C\C=C(Cl)/C(=C(Cl)\C=N\O)c1noc(C2CC2)c1COC1CCC(O)(c2nc3cc(C(=O)O)ccc3s2)CC1. The van der Waals surface area contributed by atoms with Gasteiger partial charge >= 0.3 is 5.97 Å². The van der Waals surface area contributed by atoms with Gasteiger partial charge in [-0.1, -0.05) is 39.6 Å². The van der Waals surface area contributed by atoms with Crippen LogP contribution in [-0.4, -0.2) is 43.8 Å². The first-order valence-corrected chi connectivity index (χ1v) is 14.2. The van der Waals surface area contributed by atoms with E-state index in [0.29, 0.717) is 52.5 Å². The number of carboxylic acids is 1. The highest BCUT2D eigenvalue weighted by Crippen LogP contribution is 2.46. The molecule has 0 radical (unpaired) electrons. The van der Waals surface area contributed by atoms with E-state index in [1.54, 1.807) is 25.1 Å². The van der Waals surface area contributed by atoms with Gasteiger partial charge in [0.2, 0.25) is 0 Å². The number of halogens is 2. The van der Waals surface area contributed by atoms with Gasteiger partial charge in [-0.3, -0.25) is 0 Å². The van der Waals surface area contributed by atoms with Crippen LogP contribution in [0.2, 0.25) is 0 Å². The highest BCUT2D eigenvalue weighted by molar-refractivity contribution is 7.18. The average Bonchev–Trinajstić information content (AvgIpc) is 3.54. The Morgan fingerprint density at radius 3 is 2.67 bits per heavy atom. The molecule has 0 atom stereocenters. The second kappa shape index (κ2) is 11.4. The van der Waals surface area contributed by atoms with Gasteiger partial charge in [-0.05, 0) is 63.6 Å². The Hall–Kier alpha value is -2.76. The summed E-state index contributed by atoms with van der Waals surface area (Å²) < 4.78 is 12.9. The minimum Gasteiger partial charge on any atom is -0.478 e. The number of ether oxygens (including phenoxy) is 1. The van der Waals surface area contributed by atoms with Crippen LogP contribution in [0.15, 0.2) is 44.0 Å². The predicted molar refractivity (Wildman–Crippen MR) is 149 cm³/mol. The zero-order chi connectivity index (χ0) is 27.7. The number of hydrogen-bond acceptors (Lipinski definition) is 9. The second-order valence-corrected chi connectivity index (χ2v) is 11.6. The van der Waals surface area contributed by atoms with E-state index in [0.717, 1.165) is 35.1 Å². The molecule has 1 aromatic carbocycles. The van der Waals surface area contributed by atoms with Gasteiger partial charge in [-0.25, -0.2) is 9.78 Å². The summed E-state index contributed by atoms with van der Waals surface area (Å²) in [6.07, 6.45) is 6.80. The highest BCUT2D eigenvalue weighted by Gasteiger charge is 2.39. The molecule has 0 unspecified atom stereocenters. The van der Waals surface area contributed by atoms with Gasteiger partial charge in [-0.2, -0.15) is 0 Å². The molecule has 2 heterocycles. The number of carboxylic acid groups (broad SMARTS) is 1. The van der Waals surface area contributed by atoms with Crippen molar-refractivity contribution in [2.75, 3.05) is 0 Å². The summed E-state index contributed by atoms with van der Waals surface area (Å²) in [6.45, 7) is 1.99. The molecule has 206 valence electrons. The number of rotatable bonds is 9. The monoisotopic (exact) mass is 591 g/mol. The summed E-state index contributed by atoms with van der Waals surface area (Å²) in [4.78, 5) is 15.9. The number of thiazole rings is 1. The number of benzene rings is 1. The maximum atomic E-state index is 11.4. The summed E-state index contributed by atoms with van der Waals surface area (Å²) in [5, 5.41) is 38.0. The number of hydrogen-bond donors (Lipinski definition) is 3. The Bertz CT molecular complexity index is 1480. The lowest BCUT2D eigenvalue weighted by Crippen LogP contribution is -2.34. The van der Waals surface area contributed by atoms with Gasteiger partial charge in [0.1, 0.15) is 22.1 Å². The number of carbonyl (C=O) groups is 1. The van der Waals surface area contributed by atoms with E-state index in [1.165, 1.54) is 17.4 Å². The molecule has 0 aliphatic heterocycles. The second-order valence-electron chi connectivity index (χ2n) is 9.80. The molecule has 3 aromatic rings. The van der Waals surface area contributed by atoms with Crippen LogP contribution >= 0.6 is 34.5 Å². The molecule has 9 nitrogen and oxygen atoms in total. The Morgan fingerprint density at radius 1 is 1.28 bits per heavy atom. The Kier molecular flexibility index (Phi) is 8.11. The molecule has 2 aliphatic rings. The van der Waals surface area contributed by atoms with Crippen LogP contribution in [0.1, 0.15) is 83.7 Å². The molecule has 3 N–H and O–H groups in total. The smallest absolute Gasteiger partial charge is 0.335 e. The fraction of sp³-hybridized carbons (Fsp3) is 0.407. The Balaban J connectivity index is 1.31. The van der Waals surface area contributed by atoms with E-state index in [4.69, 9.17) is 37.7 Å². The molecule has 0 bridgehead atoms. The van der Waals surface area contributed by atoms with Crippen molar-refractivity contribution >= 4 is 62.5 Å². The molecule has 2 saturated carbocycles. The molecule has 5 rings (SSSR count). The topological polar surface area (TPSA) is 138 Å². The summed E-state index contributed by atoms with van der Waals surface area (Å²) in [6, 6.07) is 4.81. The highest BCUT2D eigenvalue weighted by atomic mass is 35.5. The van der Waals surface area contributed by atoms with Gasteiger partial charge in [0.25, 0.3) is 0 Å². The van der Waals surface area contributed by atoms with Crippen LogP contribution in [-0.2, 0) is 16.9 Å². The number of aromatic carboxylic acids is 1. The molecule has 12 heteroatoms. The first-order chi connectivity index (χ1) is 18.7. The van der Waals surface area contributed by atoms with E-state index < -0.39 is 11.6 Å². The van der Waals surface area contributed by atoms with Gasteiger partial charge < -0.3 is 24.7 Å². The number of nitrogens with zero attached hydrogens (tertiary/aromatic N) is 3. The van der Waals surface area contributed by atoms with Crippen LogP contribution in [0, 0.1) is 0 Å². The molecular formula is C27H27Cl2N3O6S. The first-order valence-electron chi connectivity index (χ1n) is 12.6.